The molecule has 0 spiro atoms. The van der Waals surface area contributed by atoms with Crippen LogP contribution in [0.1, 0.15) is 35.6 Å². The van der Waals surface area contributed by atoms with Gasteiger partial charge in [-0.25, -0.2) is 0 Å². The van der Waals surface area contributed by atoms with E-state index >= 15 is 0 Å². The molecule has 0 saturated heterocycles. The molecule has 0 bridgehead atoms. The van der Waals surface area contributed by atoms with E-state index in [9.17, 15) is 0 Å². The summed E-state index contributed by atoms with van der Waals surface area (Å²) in [6, 6.07) is 12.6. The summed E-state index contributed by atoms with van der Waals surface area (Å²) < 4.78 is 5.75. The fourth-order valence-corrected chi connectivity index (χ4v) is 2.92. The third-order valence-corrected chi connectivity index (χ3v) is 4.32. The zero-order valence-electron chi connectivity index (χ0n) is 16.8. The average molecular weight is 367 g/mol. The van der Waals surface area contributed by atoms with Gasteiger partial charge in [0.15, 0.2) is 0 Å². The number of nitrogens with zero attached hydrogens (tertiary/aromatic N) is 1. The number of ether oxygens (including phenoxy) is 1. The molecule has 144 valence electrons. The second-order valence-corrected chi connectivity index (χ2v) is 6.50. The molecule has 0 unspecified atom stereocenters. The highest BCUT2D eigenvalue weighted by atomic mass is 16.6. The van der Waals surface area contributed by atoms with Gasteiger partial charge in [0.2, 0.25) is 0 Å². The van der Waals surface area contributed by atoms with Gasteiger partial charge in [-0.05, 0) is 68.0 Å². The summed E-state index contributed by atoms with van der Waals surface area (Å²) in [7, 11) is 1.55. The van der Waals surface area contributed by atoms with Crippen LogP contribution in [0.4, 0.5) is 5.69 Å². The Morgan fingerprint density at radius 2 is 1.78 bits per heavy atom. The van der Waals surface area contributed by atoms with Crippen molar-refractivity contribution in [2.24, 2.45) is 5.16 Å². The Labute approximate surface area is 162 Å². The van der Waals surface area contributed by atoms with Crippen molar-refractivity contribution >= 4 is 11.9 Å². The van der Waals surface area contributed by atoms with Crippen molar-refractivity contribution in [3.63, 3.8) is 0 Å². The van der Waals surface area contributed by atoms with Crippen LogP contribution >= 0.6 is 0 Å². The third kappa shape index (κ3) is 6.81. The predicted molar refractivity (Wildman–Crippen MR) is 114 cm³/mol. The summed E-state index contributed by atoms with van der Waals surface area (Å²) >= 11 is 0. The van der Waals surface area contributed by atoms with Gasteiger partial charge in [0, 0.05) is 12.2 Å². The van der Waals surface area contributed by atoms with E-state index in [0.717, 1.165) is 30.7 Å². The molecule has 4 heteroatoms. The molecule has 0 aliphatic heterocycles. The highest BCUT2D eigenvalue weighted by Crippen LogP contribution is 2.26. The van der Waals surface area contributed by atoms with E-state index in [1.165, 1.54) is 22.4 Å². The van der Waals surface area contributed by atoms with Crippen LogP contribution in [-0.2, 0) is 11.3 Å². The summed E-state index contributed by atoms with van der Waals surface area (Å²) in [5, 5.41) is 7.35. The van der Waals surface area contributed by atoms with Gasteiger partial charge in [-0.3, -0.25) is 0 Å². The number of oxime groups is 1. The lowest BCUT2D eigenvalue weighted by Gasteiger charge is -2.15. The summed E-state index contributed by atoms with van der Waals surface area (Å²) in [6.45, 7) is 7.79. The Kier molecular flexibility index (Phi) is 8.43. The second-order valence-electron chi connectivity index (χ2n) is 6.50. The number of hydrogen-bond acceptors (Lipinski definition) is 4. The fourth-order valence-electron chi connectivity index (χ4n) is 2.92. The van der Waals surface area contributed by atoms with Crippen LogP contribution < -0.4 is 10.1 Å². The van der Waals surface area contributed by atoms with E-state index in [2.05, 4.69) is 60.7 Å². The van der Waals surface area contributed by atoms with Gasteiger partial charge < -0.3 is 14.9 Å². The molecule has 2 aromatic rings. The minimum atomic E-state index is 0.609. The Hall–Kier alpha value is -2.75. The van der Waals surface area contributed by atoms with Crippen LogP contribution in [0.15, 0.2) is 53.7 Å². The summed E-state index contributed by atoms with van der Waals surface area (Å²) in [5.74, 6) is 0.922. The van der Waals surface area contributed by atoms with Gasteiger partial charge in [-0.1, -0.05) is 41.6 Å². The first-order valence-corrected chi connectivity index (χ1v) is 9.38. The Morgan fingerprint density at radius 1 is 1.07 bits per heavy atom. The monoisotopic (exact) mass is 366 g/mol. The zero-order valence-corrected chi connectivity index (χ0v) is 16.8. The van der Waals surface area contributed by atoms with Crippen molar-refractivity contribution in [3.05, 3.63) is 70.8 Å². The van der Waals surface area contributed by atoms with Crippen molar-refractivity contribution in [2.75, 3.05) is 25.6 Å². The lowest BCUT2D eigenvalue weighted by molar-refractivity contribution is 0.215. The van der Waals surface area contributed by atoms with Crippen LogP contribution in [0.25, 0.3) is 0 Å². The molecular formula is C23H30N2O2. The maximum absolute atomic E-state index is 5.75. The van der Waals surface area contributed by atoms with E-state index in [0.29, 0.717) is 6.61 Å². The summed E-state index contributed by atoms with van der Waals surface area (Å²) in [4.78, 5) is 4.70. The average Bonchev–Trinajstić information content (AvgIpc) is 2.66. The maximum atomic E-state index is 5.75. The minimum absolute atomic E-state index is 0.609. The number of aryl methyl sites for hydroxylation is 3. The van der Waals surface area contributed by atoms with Gasteiger partial charge in [-0.15, -0.1) is 0 Å². The highest BCUT2D eigenvalue weighted by molar-refractivity contribution is 5.79. The van der Waals surface area contributed by atoms with E-state index in [-0.39, 0.29) is 0 Å². The topological polar surface area (TPSA) is 42.8 Å². The normalized spacial score (nSPS) is 11.3. The zero-order chi connectivity index (χ0) is 19.5. The maximum Gasteiger partial charge on any atom is 0.120 e. The molecule has 0 radical (unpaired) electrons. The molecule has 0 heterocycles. The van der Waals surface area contributed by atoms with Crippen LogP contribution in [0.2, 0.25) is 0 Å². The van der Waals surface area contributed by atoms with E-state index in [1.807, 2.05) is 19.1 Å². The fraction of sp³-hybridized carbons (Fsp3) is 0.348. The van der Waals surface area contributed by atoms with Crippen molar-refractivity contribution in [1.82, 2.24) is 0 Å². The molecule has 1 N–H and O–H groups in total. The standard InChI is InChI=1S/C23H30N2O2/c1-5-6-14-27-22-15-18(2)23(19(3)16-22)24-13-7-8-20-9-11-21(12-10-20)17-25-26-4/h5-6,9-12,15-17,24H,7-8,13-14H2,1-4H3/b6-5+,25-17+. The molecule has 0 aliphatic rings. The largest absolute Gasteiger partial charge is 0.490 e. The molecule has 0 aliphatic carbocycles. The van der Waals surface area contributed by atoms with E-state index in [1.54, 1.807) is 13.3 Å². The lowest BCUT2D eigenvalue weighted by Crippen LogP contribution is -2.06. The number of rotatable bonds is 10. The van der Waals surface area contributed by atoms with E-state index in [4.69, 9.17) is 9.57 Å². The summed E-state index contributed by atoms with van der Waals surface area (Å²) in [5.41, 5.74) is 6.01. The molecule has 27 heavy (non-hydrogen) atoms. The second kappa shape index (κ2) is 11.1. The predicted octanol–water partition coefficient (Wildman–Crippen LogP) is 5.28. The molecule has 0 fully saturated rings. The molecule has 0 aromatic heterocycles. The molecule has 2 rings (SSSR count). The molecule has 0 saturated carbocycles. The quantitative estimate of drug-likeness (QED) is 0.269. The number of nitrogens with one attached hydrogen (secondary N) is 1. The first-order chi connectivity index (χ1) is 13.1. The minimum Gasteiger partial charge on any atom is -0.490 e. The number of benzene rings is 2. The van der Waals surface area contributed by atoms with Gasteiger partial charge in [-0.2, -0.15) is 0 Å². The van der Waals surface area contributed by atoms with Crippen LogP contribution in [0.3, 0.4) is 0 Å². The molecular weight excluding hydrogens is 336 g/mol. The summed E-state index contributed by atoms with van der Waals surface area (Å²) in [6.07, 6.45) is 7.83. The molecule has 4 nitrogen and oxygen atoms in total. The van der Waals surface area contributed by atoms with Crippen molar-refractivity contribution < 1.29 is 9.57 Å². The number of hydrogen-bond donors (Lipinski definition) is 1. The van der Waals surface area contributed by atoms with Crippen LogP contribution in [0, 0.1) is 13.8 Å². The first kappa shape index (κ1) is 20.6. The van der Waals surface area contributed by atoms with Gasteiger partial charge in [0.05, 0.1) is 6.21 Å². The number of allylic oxidation sites excluding steroid dienone is 1. The molecule has 0 atom stereocenters. The Morgan fingerprint density at radius 3 is 2.41 bits per heavy atom. The third-order valence-electron chi connectivity index (χ3n) is 4.32. The molecule has 2 aromatic carbocycles. The van der Waals surface area contributed by atoms with E-state index < -0.39 is 0 Å². The van der Waals surface area contributed by atoms with Crippen molar-refractivity contribution in [2.45, 2.75) is 33.6 Å². The Bertz CT molecular complexity index is 741. The Balaban J connectivity index is 1.83. The first-order valence-electron chi connectivity index (χ1n) is 9.38. The smallest absolute Gasteiger partial charge is 0.120 e. The van der Waals surface area contributed by atoms with Crippen LogP contribution in [0.5, 0.6) is 5.75 Å². The highest BCUT2D eigenvalue weighted by Gasteiger charge is 2.05. The van der Waals surface area contributed by atoms with Gasteiger partial charge >= 0.3 is 0 Å². The van der Waals surface area contributed by atoms with Crippen molar-refractivity contribution in [3.8, 4) is 5.75 Å². The lowest BCUT2D eigenvalue weighted by atomic mass is 10.1. The van der Waals surface area contributed by atoms with Gasteiger partial charge in [0.1, 0.15) is 19.5 Å². The number of anilines is 1. The van der Waals surface area contributed by atoms with Gasteiger partial charge in [0.25, 0.3) is 0 Å². The van der Waals surface area contributed by atoms with Crippen molar-refractivity contribution in [1.29, 1.82) is 0 Å². The molecule has 0 amide bonds. The SMILES string of the molecule is C/C=C/COc1cc(C)c(NCCCc2ccc(/C=N/OC)cc2)c(C)c1. The van der Waals surface area contributed by atoms with Crippen LogP contribution in [-0.4, -0.2) is 26.5 Å².